The molecule has 6 nitrogen and oxygen atoms in total. The van der Waals surface area contributed by atoms with Crippen molar-refractivity contribution in [2.75, 3.05) is 18.0 Å². The summed E-state index contributed by atoms with van der Waals surface area (Å²) in [7, 11) is 0. The summed E-state index contributed by atoms with van der Waals surface area (Å²) in [6.07, 6.45) is 5.03. The van der Waals surface area contributed by atoms with Crippen molar-refractivity contribution < 1.29 is 4.52 Å². The highest BCUT2D eigenvalue weighted by Crippen LogP contribution is 2.22. The van der Waals surface area contributed by atoms with E-state index >= 15 is 0 Å². The number of nitrogens with zero attached hydrogens (tertiary/aromatic N) is 5. The molecule has 0 radical (unpaired) electrons. The molecule has 6 heteroatoms. The first kappa shape index (κ1) is 14.8. The van der Waals surface area contributed by atoms with Gasteiger partial charge in [-0.3, -0.25) is 0 Å². The molecule has 3 aromatic rings. The Morgan fingerprint density at radius 2 is 1.62 bits per heavy atom. The molecular weight excluding hydrogens is 302 g/mol. The lowest BCUT2D eigenvalue weighted by Gasteiger charge is -2.20. The third-order valence-electron chi connectivity index (χ3n) is 4.26. The number of rotatable bonds is 3. The Morgan fingerprint density at radius 3 is 2.33 bits per heavy atom. The largest absolute Gasteiger partial charge is 0.355 e. The second kappa shape index (κ2) is 6.78. The van der Waals surface area contributed by atoms with Gasteiger partial charge in [0.25, 0.3) is 5.89 Å². The lowest BCUT2D eigenvalue weighted by atomic mass is 10.2. The third-order valence-corrected chi connectivity index (χ3v) is 4.26. The summed E-state index contributed by atoms with van der Waals surface area (Å²) < 4.78 is 5.33. The SMILES string of the molecule is c1ccc(-c2noc(-c3ccc(N4CCCCCC4)nn3)n2)cc1. The standard InChI is InChI=1S/C18H19N5O/c1-2-7-13-23(12-6-1)16-11-10-15(20-21-16)18-19-17(22-24-18)14-8-4-3-5-9-14/h3-5,8-11H,1-2,6-7,12-13H2. The summed E-state index contributed by atoms with van der Waals surface area (Å²) in [6.45, 7) is 2.10. The number of benzene rings is 1. The van der Waals surface area contributed by atoms with Crippen LogP contribution in [0, 0.1) is 0 Å². The summed E-state index contributed by atoms with van der Waals surface area (Å²) in [4.78, 5) is 6.71. The molecule has 3 heterocycles. The van der Waals surface area contributed by atoms with Gasteiger partial charge in [0.1, 0.15) is 0 Å². The fourth-order valence-electron chi connectivity index (χ4n) is 2.94. The third kappa shape index (κ3) is 3.13. The molecule has 1 saturated heterocycles. The molecule has 0 aliphatic carbocycles. The highest BCUT2D eigenvalue weighted by molar-refractivity contribution is 5.57. The lowest BCUT2D eigenvalue weighted by molar-refractivity contribution is 0.430. The fourth-order valence-corrected chi connectivity index (χ4v) is 2.94. The van der Waals surface area contributed by atoms with Crippen molar-refractivity contribution in [1.29, 1.82) is 0 Å². The summed E-state index contributed by atoms with van der Waals surface area (Å²) >= 11 is 0. The van der Waals surface area contributed by atoms with Crippen LogP contribution in [-0.2, 0) is 0 Å². The molecule has 0 N–H and O–H groups in total. The molecule has 122 valence electrons. The van der Waals surface area contributed by atoms with Crippen LogP contribution in [0.1, 0.15) is 25.7 Å². The van der Waals surface area contributed by atoms with Gasteiger partial charge in [0.05, 0.1) is 0 Å². The quantitative estimate of drug-likeness (QED) is 0.734. The van der Waals surface area contributed by atoms with Gasteiger partial charge in [0.2, 0.25) is 5.82 Å². The van der Waals surface area contributed by atoms with Crippen molar-refractivity contribution in [3.05, 3.63) is 42.5 Å². The smallest absolute Gasteiger partial charge is 0.278 e. The predicted octanol–water partition coefficient (Wildman–Crippen LogP) is 3.57. The van der Waals surface area contributed by atoms with Crippen molar-refractivity contribution in [3.8, 4) is 23.0 Å². The molecule has 0 bridgehead atoms. The van der Waals surface area contributed by atoms with Crippen LogP contribution in [0.5, 0.6) is 0 Å². The van der Waals surface area contributed by atoms with Crippen molar-refractivity contribution in [1.82, 2.24) is 20.3 Å². The van der Waals surface area contributed by atoms with Gasteiger partial charge in [-0.05, 0) is 25.0 Å². The van der Waals surface area contributed by atoms with E-state index in [-0.39, 0.29) is 0 Å². The molecule has 2 aromatic heterocycles. The number of anilines is 1. The molecule has 0 atom stereocenters. The van der Waals surface area contributed by atoms with Crippen LogP contribution in [0.25, 0.3) is 23.0 Å². The van der Waals surface area contributed by atoms with Crippen LogP contribution in [0.2, 0.25) is 0 Å². The second-order valence-corrected chi connectivity index (χ2v) is 5.97. The van der Waals surface area contributed by atoms with E-state index in [4.69, 9.17) is 4.52 Å². The van der Waals surface area contributed by atoms with Crippen LogP contribution in [0.4, 0.5) is 5.82 Å². The summed E-state index contributed by atoms with van der Waals surface area (Å²) in [5, 5.41) is 12.6. The molecule has 0 spiro atoms. The first-order valence-electron chi connectivity index (χ1n) is 8.38. The van der Waals surface area contributed by atoms with Crippen LogP contribution >= 0.6 is 0 Å². The zero-order valence-electron chi connectivity index (χ0n) is 13.4. The Morgan fingerprint density at radius 1 is 0.833 bits per heavy atom. The minimum absolute atomic E-state index is 0.392. The van der Waals surface area contributed by atoms with E-state index in [0.29, 0.717) is 17.4 Å². The zero-order chi connectivity index (χ0) is 16.2. The number of hydrogen-bond donors (Lipinski definition) is 0. The first-order valence-corrected chi connectivity index (χ1v) is 8.38. The Labute approximate surface area is 140 Å². The van der Waals surface area contributed by atoms with E-state index in [1.54, 1.807) is 0 Å². The van der Waals surface area contributed by atoms with Crippen LogP contribution < -0.4 is 4.90 Å². The monoisotopic (exact) mass is 321 g/mol. The van der Waals surface area contributed by atoms with E-state index in [1.165, 1.54) is 25.7 Å². The molecule has 24 heavy (non-hydrogen) atoms. The van der Waals surface area contributed by atoms with Gasteiger partial charge < -0.3 is 9.42 Å². The fraction of sp³-hybridized carbons (Fsp3) is 0.333. The Kier molecular flexibility index (Phi) is 4.18. The highest BCUT2D eigenvalue weighted by atomic mass is 16.5. The Bertz CT molecular complexity index is 777. The Hall–Kier alpha value is -2.76. The first-order chi connectivity index (χ1) is 11.9. The van der Waals surface area contributed by atoms with Gasteiger partial charge in [-0.25, -0.2) is 0 Å². The van der Waals surface area contributed by atoms with E-state index in [0.717, 1.165) is 24.5 Å². The lowest BCUT2D eigenvalue weighted by Crippen LogP contribution is -2.25. The van der Waals surface area contributed by atoms with E-state index < -0.39 is 0 Å². The van der Waals surface area contributed by atoms with Gasteiger partial charge in [-0.1, -0.05) is 48.3 Å². The highest BCUT2D eigenvalue weighted by Gasteiger charge is 2.15. The maximum absolute atomic E-state index is 5.33. The summed E-state index contributed by atoms with van der Waals surface area (Å²) in [5.74, 6) is 1.87. The average molecular weight is 321 g/mol. The van der Waals surface area contributed by atoms with E-state index in [1.807, 2.05) is 42.5 Å². The van der Waals surface area contributed by atoms with Gasteiger partial charge in [0.15, 0.2) is 11.5 Å². The minimum atomic E-state index is 0.392. The van der Waals surface area contributed by atoms with Gasteiger partial charge in [0, 0.05) is 18.7 Å². The number of aromatic nitrogens is 4. The van der Waals surface area contributed by atoms with Gasteiger partial charge >= 0.3 is 0 Å². The van der Waals surface area contributed by atoms with Crippen molar-refractivity contribution in [3.63, 3.8) is 0 Å². The molecule has 1 aliphatic heterocycles. The molecule has 1 aliphatic rings. The summed E-state index contributed by atoms with van der Waals surface area (Å²) in [6, 6.07) is 13.6. The number of hydrogen-bond acceptors (Lipinski definition) is 6. The van der Waals surface area contributed by atoms with E-state index in [2.05, 4.69) is 25.2 Å². The van der Waals surface area contributed by atoms with Crippen LogP contribution in [-0.4, -0.2) is 33.4 Å². The van der Waals surface area contributed by atoms with Crippen LogP contribution in [0.15, 0.2) is 47.0 Å². The molecule has 0 unspecified atom stereocenters. The molecule has 0 amide bonds. The average Bonchev–Trinajstić information content (AvgIpc) is 2.98. The van der Waals surface area contributed by atoms with Crippen molar-refractivity contribution in [2.45, 2.75) is 25.7 Å². The molecule has 1 fully saturated rings. The normalized spacial score (nSPS) is 15.2. The molecule has 0 saturated carbocycles. The Balaban J connectivity index is 1.54. The minimum Gasteiger partial charge on any atom is -0.355 e. The maximum Gasteiger partial charge on any atom is 0.278 e. The second-order valence-electron chi connectivity index (χ2n) is 5.97. The maximum atomic E-state index is 5.33. The van der Waals surface area contributed by atoms with Crippen LogP contribution in [0.3, 0.4) is 0 Å². The predicted molar refractivity (Wildman–Crippen MR) is 91.4 cm³/mol. The van der Waals surface area contributed by atoms with Crippen molar-refractivity contribution in [2.24, 2.45) is 0 Å². The summed E-state index contributed by atoms with van der Waals surface area (Å²) in [5.41, 5.74) is 1.52. The topological polar surface area (TPSA) is 67.9 Å². The van der Waals surface area contributed by atoms with Crippen molar-refractivity contribution >= 4 is 5.82 Å². The molecule has 1 aromatic carbocycles. The molecular formula is C18H19N5O. The van der Waals surface area contributed by atoms with E-state index in [9.17, 15) is 0 Å². The van der Waals surface area contributed by atoms with Gasteiger partial charge in [-0.15, -0.1) is 10.2 Å². The zero-order valence-corrected chi connectivity index (χ0v) is 13.4. The van der Waals surface area contributed by atoms with Gasteiger partial charge in [-0.2, -0.15) is 4.98 Å². The molecule has 4 rings (SSSR count).